The quantitative estimate of drug-likeness (QED) is 0.101. The number of rotatable bonds is 8. The molecule has 46 heavy (non-hydrogen) atoms. The monoisotopic (exact) mass is 671 g/mol. The highest BCUT2D eigenvalue weighted by Gasteiger charge is 2.42. The molecular weight excluding hydrogens is 633 g/mol. The molecule has 0 saturated carbocycles. The molecule has 2 aromatic carbocycles. The highest BCUT2D eigenvalue weighted by atomic mass is 35.5. The highest BCUT2D eigenvalue weighted by molar-refractivity contribution is 6.36. The van der Waals surface area contributed by atoms with Crippen molar-refractivity contribution in [2.75, 3.05) is 4.90 Å². The van der Waals surface area contributed by atoms with Gasteiger partial charge in [0.2, 0.25) is 0 Å². The standard InChI is InChI=1S/C34H39Cl2N3O7/c1-32(2,3)44-29(41)26(30(42)45-33(4,5)6)27-28(38-25(17-37-27)21-15-13-20(19-40)14-16-21)39(31(43)46-34(7,8)9)18-22-23(35)11-10-12-24(22)36/h10-17,19,26H,18H2,1-9H3. The summed E-state index contributed by atoms with van der Waals surface area (Å²) in [6, 6.07) is 11.4. The molecule has 3 aromatic rings. The highest BCUT2D eigenvalue weighted by Crippen LogP contribution is 2.35. The molecule has 0 spiro atoms. The maximum absolute atomic E-state index is 14.0. The van der Waals surface area contributed by atoms with E-state index in [1.807, 2.05) is 0 Å². The lowest BCUT2D eigenvalue weighted by molar-refractivity contribution is -0.169. The van der Waals surface area contributed by atoms with Crippen LogP contribution in [0.2, 0.25) is 10.0 Å². The molecule has 3 rings (SSSR count). The number of hydrogen-bond donors (Lipinski definition) is 0. The van der Waals surface area contributed by atoms with Crippen molar-refractivity contribution in [3.05, 3.63) is 75.5 Å². The Balaban J connectivity index is 2.39. The number of ether oxygens (including phenoxy) is 3. The van der Waals surface area contributed by atoms with Crippen molar-refractivity contribution >= 4 is 53.3 Å². The van der Waals surface area contributed by atoms with E-state index in [2.05, 4.69) is 4.98 Å². The van der Waals surface area contributed by atoms with Gasteiger partial charge in [-0.3, -0.25) is 24.3 Å². The lowest BCUT2D eigenvalue weighted by Gasteiger charge is -2.30. The molecule has 0 saturated heterocycles. The maximum atomic E-state index is 14.0. The van der Waals surface area contributed by atoms with Crippen LogP contribution in [0.25, 0.3) is 11.3 Å². The zero-order valence-electron chi connectivity index (χ0n) is 27.4. The van der Waals surface area contributed by atoms with Crippen LogP contribution < -0.4 is 4.90 Å². The lowest BCUT2D eigenvalue weighted by atomic mass is 10.0. The third kappa shape index (κ3) is 9.99. The molecule has 0 N–H and O–H groups in total. The van der Waals surface area contributed by atoms with Gasteiger partial charge in [-0.2, -0.15) is 0 Å². The summed E-state index contributed by atoms with van der Waals surface area (Å²) < 4.78 is 17.1. The summed E-state index contributed by atoms with van der Waals surface area (Å²) in [6.45, 7) is 14.7. The average Bonchev–Trinajstić information content (AvgIpc) is 2.90. The number of carbonyl (C=O) groups is 4. The zero-order valence-corrected chi connectivity index (χ0v) is 28.9. The molecule has 1 amide bonds. The molecule has 1 heterocycles. The Morgan fingerprint density at radius 2 is 1.30 bits per heavy atom. The molecule has 0 radical (unpaired) electrons. The van der Waals surface area contributed by atoms with Crippen LogP contribution >= 0.6 is 23.2 Å². The molecule has 12 heteroatoms. The number of anilines is 1. The Kier molecular flexibility index (Phi) is 11.2. The van der Waals surface area contributed by atoms with Gasteiger partial charge in [-0.25, -0.2) is 9.78 Å². The van der Waals surface area contributed by atoms with E-state index in [0.717, 1.165) is 4.90 Å². The van der Waals surface area contributed by atoms with Gasteiger partial charge in [0.15, 0.2) is 11.7 Å². The SMILES string of the molecule is CC(C)(C)OC(=O)C(C(=O)OC(C)(C)C)c1ncc(-c2ccc(C=O)cc2)nc1N(Cc1c(Cl)cccc1Cl)C(=O)OC(C)(C)C. The Morgan fingerprint density at radius 1 is 0.804 bits per heavy atom. The van der Waals surface area contributed by atoms with Crippen molar-refractivity contribution in [3.8, 4) is 11.3 Å². The van der Waals surface area contributed by atoms with E-state index in [-0.39, 0.29) is 33.8 Å². The van der Waals surface area contributed by atoms with Crippen LogP contribution in [0.3, 0.4) is 0 Å². The van der Waals surface area contributed by atoms with Crippen molar-refractivity contribution in [1.29, 1.82) is 0 Å². The van der Waals surface area contributed by atoms with Crippen molar-refractivity contribution < 1.29 is 33.4 Å². The van der Waals surface area contributed by atoms with E-state index in [1.54, 1.807) is 105 Å². The number of halogens is 2. The Morgan fingerprint density at radius 3 is 1.76 bits per heavy atom. The van der Waals surface area contributed by atoms with Gasteiger partial charge < -0.3 is 14.2 Å². The van der Waals surface area contributed by atoms with Crippen molar-refractivity contribution in [2.45, 2.75) is 91.6 Å². The summed E-state index contributed by atoms with van der Waals surface area (Å²) >= 11 is 13.1. The maximum Gasteiger partial charge on any atom is 0.416 e. The topological polar surface area (TPSA) is 125 Å². The van der Waals surface area contributed by atoms with Crippen molar-refractivity contribution in [3.63, 3.8) is 0 Å². The van der Waals surface area contributed by atoms with Crippen LogP contribution in [0.1, 0.15) is 89.8 Å². The molecule has 0 aliphatic carbocycles. The minimum atomic E-state index is -1.75. The molecule has 10 nitrogen and oxygen atoms in total. The van der Waals surface area contributed by atoms with Crippen molar-refractivity contribution in [2.24, 2.45) is 0 Å². The second-order valence-electron chi connectivity index (χ2n) is 13.5. The third-order valence-corrected chi connectivity index (χ3v) is 6.64. The predicted molar refractivity (Wildman–Crippen MR) is 176 cm³/mol. The minimum Gasteiger partial charge on any atom is -0.459 e. The van der Waals surface area contributed by atoms with Crippen LogP contribution in [0.5, 0.6) is 0 Å². The molecule has 0 bridgehead atoms. The summed E-state index contributed by atoms with van der Waals surface area (Å²) in [5.41, 5.74) is -1.54. The summed E-state index contributed by atoms with van der Waals surface area (Å²) in [7, 11) is 0. The van der Waals surface area contributed by atoms with Crippen LogP contribution in [0.15, 0.2) is 48.7 Å². The van der Waals surface area contributed by atoms with Gasteiger partial charge in [0, 0.05) is 26.7 Å². The molecule has 0 atom stereocenters. The molecule has 0 unspecified atom stereocenters. The number of aromatic nitrogens is 2. The van der Waals surface area contributed by atoms with Gasteiger partial charge in [0.25, 0.3) is 0 Å². The van der Waals surface area contributed by atoms with E-state index in [0.29, 0.717) is 23.0 Å². The fourth-order valence-electron chi connectivity index (χ4n) is 4.09. The van der Waals surface area contributed by atoms with E-state index in [4.69, 9.17) is 42.4 Å². The van der Waals surface area contributed by atoms with E-state index in [9.17, 15) is 19.2 Å². The molecule has 246 valence electrons. The molecule has 0 aliphatic rings. The normalized spacial score (nSPS) is 12.0. The van der Waals surface area contributed by atoms with Crippen LogP contribution in [0.4, 0.5) is 10.6 Å². The first kappa shape index (κ1) is 36.4. The Bertz CT molecular complexity index is 1560. The lowest BCUT2D eigenvalue weighted by Crippen LogP contribution is -2.40. The van der Waals surface area contributed by atoms with Gasteiger partial charge in [-0.05, 0) is 74.4 Å². The van der Waals surface area contributed by atoms with Gasteiger partial charge in [-0.15, -0.1) is 0 Å². The molecular formula is C34H39Cl2N3O7. The average molecular weight is 673 g/mol. The molecule has 1 aromatic heterocycles. The molecule has 0 fully saturated rings. The van der Waals surface area contributed by atoms with E-state index >= 15 is 0 Å². The predicted octanol–water partition coefficient (Wildman–Crippen LogP) is 7.97. The summed E-state index contributed by atoms with van der Waals surface area (Å²) in [5.74, 6) is -3.86. The second kappa shape index (κ2) is 14.2. The van der Waals surface area contributed by atoms with Gasteiger partial charge in [-0.1, -0.05) is 53.5 Å². The fourth-order valence-corrected chi connectivity index (χ4v) is 4.60. The molecule has 0 aliphatic heterocycles. The first-order valence-electron chi connectivity index (χ1n) is 14.5. The van der Waals surface area contributed by atoms with Gasteiger partial charge in [0.1, 0.15) is 28.8 Å². The summed E-state index contributed by atoms with van der Waals surface area (Å²) in [5, 5.41) is 0.513. The number of aldehydes is 1. The van der Waals surface area contributed by atoms with E-state index in [1.165, 1.54) is 6.20 Å². The van der Waals surface area contributed by atoms with Crippen LogP contribution in [-0.2, 0) is 30.3 Å². The first-order chi connectivity index (χ1) is 21.2. The second-order valence-corrected chi connectivity index (χ2v) is 14.3. The Hall–Kier alpha value is -4.02. The fraction of sp³-hybridized carbons (Fsp3) is 0.412. The largest absolute Gasteiger partial charge is 0.459 e. The summed E-state index contributed by atoms with van der Waals surface area (Å²) in [4.78, 5) is 63.1. The number of esters is 2. The summed E-state index contributed by atoms with van der Waals surface area (Å²) in [6.07, 6.45) is 1.18. The van der Waals surface area contributed by atoms with Crippen molar-refractivity contribution in [1.82, 2.24) is 9.97 Å². The number of amides is 1. The van der Waals surface area contributed by atoms with Crippen LogP contribution in [0, 0.1) is 0 Å². The number of hydrogen-bond acceptors (Lipinski definition) is 9. The number of benzene rings is 2. The van der Waals surface area contributed by atoms with Gasteiger partial charge >= 0.3 is 18.0 Å². The first-order valence-corrected chi connectivity index (χ1v) is 15.3. The van der Waals surface area contributed by atoms with Gasteiger partial charge in [0.05, 0.1) is 18.4 Å². The van der Waals surface area contributed by atoms with E-state index < -0.39 is 40.8 Å². The number of carbonyl (C=O) groups excluding carboxylic acids is 4. The van der Waals surface area contributed by atoms with Crippen LogP contribution in [-0.4, -0.2) is 51.1 Å². The minimum absolute atomic E-state index is 0.191. The number of nitrogens with zero attached hydrogens (tertiary/aromatic N) is 3. The Labute approximate surface area is 279 Å². The smallest absolute Gasteiger partial charge is 0.416 e. The third-order valence-electron chi connectivity index (χ3n) is 5.93. The zero-order chi connectivity index (χ0) is 34.6.